The van der Waals surface area contributed by atoms with E-state index in [0.29, 0.717) is 11.2 Å². The number of hydrogen-bond acceptors (Lipinski definition) is 1. The Balaban J connectivity index is 2.21. The fraction of sp³-hybridized carbons (Fsp3) is 0.250. The van der Waals surface area contributed by atoms with Crippen LogP contribution in [0.4, 0.5) is 0 Å². The van der Waals surface area contributed by atoms with Crippen molar-refractivity contribution in [1.82, 2.24) is 0 Å². The van der Waals surface area contributed by atoms with Gasteiger partial charge in [-0.25, -0.2) is 0 Å². The van der Waals surface area contributed by atoms with E-state index in [1.165, 1.54) is 5.56 Å². The lowest BCUT2D eigenvalue weighted by Gasteiger charge is -2.11. The fourth-order valence-electron chi connectivity index (χ4n) is 1.80. The lowest BCUT2D eigenvalue weighted by Crippen LogP contribution is -1.91. The molecule has 100 valence electrons. The molecule has 0 radical (unpaired) electrons. The molecule has 0 aliphatic rings. The summed E-state index contributed by atoms with van der Waals surface area (Å²) in [6.07, 6.45) is 0. The largest absolute Gasteiger partial charge is 0.457 e. The van der Waals surface area contributed by atoms with Gasteiger partial charge in [0.15, 0.2) is 0 Å². The molecule has 2 aromatic rings. The third-order valence-electron chi connectivity index (χ3n) is 2.94. The number of alkyl halides is 1. The predicted octanol–water partition coefficient (Wildman–Crippen LogP) is 6.15. The zero-order chi connectivity index (χ0) is 13.8. The van der Waals surface area contributed by atoms with E-state index in [1.807, 2.05) is 30.3 Å². The molecule has 0 N–H and O–H groups in total. The van der Waals surface area contributed by atoms with Crippen molar-refractivity contribution in [3.05, 3.63) is 58.6 Å². The molecule has 3 heteroatoms. The number of hydrogen-bond donors (Lipinski definition) is 0. The van der Waals surface area contributed by atoms with E-state index in [0.717, 1.165) is 22.1 Å². The minimum absolute atomic E-state index is 0.530. The Bertz CT molecular complexity index is 549. The average molecular weight is 340 g/mol. The van der Waals surface area contributed by atoms with Crippen molar-refractivity contribution in [2.75, 3.05) is 0 Å². The summed E-state index contributed by atoms with van der Waals surface area (Å²) in [5.74, 6) is 2.20. The van der Waals surface area contributed by atoms with Crippen LogP contribution in [-0.2, 0) is 5.33 Å². The second-order valence-corrected chi connectivity index (χ2v) is 5.71. The van der Waals surface area contributed by atoms with Crippen LogP contribution in [0.1, 0.15) is 30.9 Å². The van der Waals surface area contributed by atoms with Crippen LogP contribution >= 0.6 is 27.5 Å². The second kappa shape index (κ2) is 6.44. The topological polar surface area (TPSA) is 9.23 Å². The highest BCUT2D eigenvalue weighted by molar-refractivity contribution is 9.08. The lowest BCUT2D eigenvalue weighted by atomic mass is 10.0. The molecule has 0 saturated carbocycles. The molecule has 0 unspecified atom stereocenters. The average Bonchev–Trinajstić information content (AvgIpc) is 2.41. The number of benzene rings is 2. The Morgan fingerprint density at radius 2 is 1.79 bits per heavy atom. The van der Waals surface area contributed by atoms with Gasteiger partial charge in [0, 0.05) is 15.9 Å². The molecule has 0 fully saturated rings. The summed E-state index contributed by atoms with van der Waals surface area (Å²) in [6, 6.07) is 13.9. The molecule has 19 heavy (non-hydrogen) atoms. The SMILES string of the molecule is CC(C)c1ccc(Oc2ccc(Cl)cc2CBr)cc1. The van der Waals surface area contributed by atoms with Crippen molar-refractivity contribution in [3.63, 3.8) is 0 Å². The Morgan fingerprint density at radius 1 is 1.11 bits per heavy atom. The van der Waals surface area contributed by atoms with E-state index in [9.17, 15) is 0 Å². The summed E-state index contributed by atoms with van der Waals surface area (Å²) >= 11 is 9.43. The van der Waals surface area contributed by atoms with Crippen LogP contribution in [0, 0.1) is 0 Å². The van der Waals surface area contributed by atoms with Gasteiger partial charge in [0.1, 0.15) is 11.5 Å². The predicted molar refractivity (Wildman–Crippen MR) is 84.7 cm³/mol. The third-order valence-corrected chi connectivity index (χ3v) is 3.78. The molecule has 0 saturated heterocycles. The normalized spacial score (nSPS) is 10.8. The summed E-state index contributed by atoms with van der Waals surface area (Å²) in [5, 5.41) is 1.43. The molecule has 0 aromatic heterocycles. The maximum Gasteiger partial charge on any atom is 0.131 e. The summed E-state index contributed by atoms with van der Waals surface area (Å²) in [5.41, 5.74) is 2.35. The molecule has 1 nitrogen and oxygen atoms in total. The van der Waals surface area contributed by atoms with E-state index < -0.39 is 0 Å². The smallest absolute Gasteiger partial charge is 0.131 e. The molecule has 2 aromatic carbocycles. The lowest BCUT2D eigenvalue weighted by molar-refractivity contribution is 0.478. The summed E-state index contributed by atoms with van der Waals surface area (Å²) in [7, 11) is 0. The quantitative estimate of drug-likeness (QED) is 0.607. The molecular formula is C16H16BrClO. The van der Waals surface area contributed by atoms with Gasteiger partial charge in [-0.15, -0.1) is 0 Å². The highest BCUT2D eigenvalue weighted by atomic mass is 79.9. The number of halogens is 2. The number of ether oxygens (including phenoxy) is 1. The van der Waals surface area contributed by atoms with Crippen molar-refractivity contribution in [3.8, 4) is 11.5 Å². The first kappa shape index (κ1) is 14.4. The minimum Gasteiger partial charge on any atom is -0.457 e. The van der Waals surface area contributed by atoms with E-state index in [2.05, 4.69) is 41.9 Å². The molecule has 0 amide bonds. The van der Waals surface area contributed by atoms with Gasteiger partial charge < -0.3 is 4.74 Å². The Kier molecular flexibility index (Phi) is 4.89. The second-order valence-electron chi connectivity index (χ2n) is 4.71. The van der Waals surface area contributed by atoms with Crippen molar-refractivity contribution < 1.29 is 4.74 Å². The molecule has 0 heterocycles. The first-order valence-corrected chi connectivity index (χ1v) is 7.72. The van der Waals surface area contributed by atoms with Gasteiger partial charge >= 0.3 is 0 Å². The first-order valence-electron chi connectivity index (χ1n) is 6.22. The Hall–Kier alpha value is -0.990. The van der Waals surface area contributed by atoms with Crippen LogP contribution in [0.2, 0.25) is 5.02 Å². The monoisotopic (exact) mass is 338 g/mol. The maximum atomic E-state index is 5.98. The maximum absolute atomic E-state index is 5.98. The summed E-state index contributed by atoms with van der Waals surface area (Å²) < 4.78 is 5.90. The molecule has 0 bridgehead atoms. The third kappa shape index (κ3) is 3.74. The van der Waals surface area contributed by atoms with E-state index >= 15 is 0 Å². The highest BCUT2D eigenvalue weighted by Gasteiger charge is 2.06. The molecule has 2 rings (SSSR count). The van der Waals surface area contributed by atoms with Crippen LogP contribution in [0.15, 0.2) is 42.5 Å². The van der Waals surface area contributed by atoms with E-state index in [-0.39, 0.29) is 0 Å². The van der Waals surface area contributed by atoms with Gasteiger partial charge in [0.25, 0.3) is 0 Å². The molecule has 0 aliphatic carbocycles. The van der Waals surface area contributed by atoms with Gasteiger partial charge in [0.2, 0.25) is 0 Å². The van der Waals surface area contributed by atoms with Gasteiger partial charge in [0.05, 0.1) is 0 Å². The van der Waals surface area contributed by atoms with Crippen LogP contribution in [0.25, 0.3) is 0 Å². The van der Waals surface area contributed by atoms with Crippen molar-refractivity contribution in [2.24, 2.45) is 0 Å². The zero-order valence-corrected chi connectivity index (χ0v) is 13.3. The minimum atomic E-state index is 0.530. The van der Waals surface area contributed by atoms with E-state index in [4.69, 9.17) is 16.3 Å². The standard InChI is InChI=1S/C16H16BrClO/c1-11(2)12-3-6-15(7-4-12)19-16-8-5-14(18)9-13(16)10-17/h3-9,11H,10H2,1-2H3. The Morgan fingerprint density at radius 3 is 2.37 bits per heavy atom. The Labute approximate surface area is 127 Å². The van der Waals surface area contributed by atoms with Crippen LogP contribution in [0.5, 0.6) is 11.5 Å². The van der Waals surface area contributed by atoms with Gasteiger partial charge in [-0.2, -0.15) is 0 Å². The van der Waals surface area contributed by atoms with Crippen molar-refractivity contribution in [1.29, 1.82) is 0 Å². The summed E-state index contributed by atoms with van der Waals surface area (Å²) in [6.45, 7) is 4.36. The highest BCUT2D eigenvalue weighted by Crippen LogP contribution is 2.30. The van der Waals surface area contributed by atoms with Crippen molar-refractivity contribution in [2.45, 2.75) is 25.1 Å². The first-order chi connectivity index (χ1) is 9.10. The van der Waals surface area contributed by atoms with E-state index in [1.54, 1.807) is 0 Å². The van der Waals surface area contributed by atoms with Gasteiger partial charge in [-0.3, -0.25) is 0 Å². The van der Waals surface area contributed by atoms with Crippen molar-refractivity contribution >= 4 is 27.5 Å². The fourth-order valence-corrected chi connectivity index (χ4v) is 2.43. The number of rotatable bonds is 4. The van der Waals surface area contributed by atoms with Crippen LogP contribution < -0.4 is 4.74 Å². The molecular weight excluding hydrogens is 324 g/mol. The van der Waals surface area contributed by atoms with Gasteiger partial charge in [-0.05, 0) is 41.8 Å². The molecule has 0 aliphatic heterocycles. The zero-order valence-electron chi connectivity index (χ0n) is 11.0. The van der Waals surface area contributed by atoms with Crippen LogP contribution in [0.3, 0.4) is 0 Å². The summed E-state index contributed by atoms with van der Waals surface area (Å²) in [4.78, 5) is 0. The molecule has 0 atom stereocenters. The van der Waals surface area contributed by atoms with Crippen LogP contribution in [-0.4, -0.2) is 0 Å². The van der Waals surface area contributed by atoms with Gasteiger partial charge in [-0.1, -0.05) is 53.5 Å². The molecule has 0 spiro atoms.